The molecule has 0 atom stereocenters. The van der Waals surface area contributed by atoms with Gasteiger partial charge in [0.05, 0.1) is 24.1 Å². The Bertz CT molecular complexity index is 858. The molecule has 5 heteroatoms. The molecular weight excluding hydrogens is 404 g/mol. The van der Waals surface area contributed by atoms with E-state index in [1.807, 2.05) is 18.7 Å². The molecule has 0 N–H and O–H groups in total. The lowest BCUT2D eigenvalue weighted by molar-refractivity contribution is -0.0712. The molecule has 2 aromatic rings. The third kappa shape index (κ3) is 4.89. The monoisotopic (exact) mass is 440 g/mol. The summed E-state index contributed by atoms with van der Waals surface area (Å²) < 4.78 is 5.34. The second-order valence-corrected chi connectivity index (χ2v) is 9.80. The highest BCUT2D eigenvalue weighted by Gasteiger charge is 2.30. The number of nitrogens with zero attached hydrogens (tertiary/aromatic N) is 2. The Labute approximate surface area is 191 Å². The summed E-state index contributed by atoms with van der Waals surface area (Å²) in [5.74, 6) is 0.884. The molecule has 0 unspecified atom stereocenters. The number of hydrogen-bond donors (Lipinski definition) is 0. The van der Waals surface area contributed by atoms with Gasteiger partial charge < -0.3 is 9.64 Å². The van der Waals surface area contributed by atoms with E-state index in [0.29, 0.717) is 12.0 Å². The van der Waals surface area contributed by atoms with E-state index >= 15 is 0 Å². The van der Waals surface area contributed by atoms with Crippen LogP contribution in [0.3, 0.4) is 0 Å². The van der Waals surface area contributed by atoms with Gasteiger partial charge >= 0.3 is 0 Å². The number of hydrogen-bond acceptors (Lipinski definition) is 4. The van der Waals surface area contributed by atoms with Gasteiger partial charge in [0, 0.05) is 18.0 Å². The van der Waals surface area contributed by atoms with Crippen molar-refractivity contribution in [1.29, 1.82) is 0 Å². The van der Waals surface area contributed by atoms with Crippen molar-refractivity contribution in [2.75, 3.05) is 39.4 Å². The summed E-state index contributed by atoms with van der Waals surface area (Å²) in [5.41, 5.74) is 3.80. The van der Waals surface area contributed by atoms with Gasteiger partial charge in [-0.3, -0.25) is 9.69 Å². The van der Waals surface area contributed by atoms with Crippen molar-refractivity contribution in [3.63, 3.8) is 0 Å². The lowest BCUT2D eigenvalue weighted by Crippen LogP contribution is -2.51. The van der Waals surface area contributed by atoms with Crippen LogP contribution >= 0.6 is 11.3 Å². The molecule has 3 saturated heterocycles. The maximum atomic E-state index is 12.8. The number of carbonyl (C=O) groups is 1. The Morgan fingerprint density at radius 3 is 2.23 bits per heavy atom. The number of carbonyl (C=O) groups excluding carboxylic acids is 1. The largest absolute Gasteiger partial charge is 0.378 e. The van der Waals surface area contributed by atoms with E-state index in [2.05, 4.69) is 42.2 Å². The Morgan fingerprint density at radius 1 is 1.00 bits per heavy atom. The lowest BCUT2D eigenvalue weighted by atomic mass is 9.88. The fourth-order valence-electron chi connectivity index (χ4n) is 4.85. The van der Waals surface area contributed by atoms with E-state index in [4.69, 9.17) is 4.74 Å². The number of thiophene rings is 1. The predicted octanol–water partition coefficient (Wildman–Crippen LogP) is 5.56. The first-order valence-electron chi connectivity index (χ1n) is 12.0. The molecule has 1 aromatic heterocycles. The van der Waals surface area contributed by atoms with Crippen LogP contribution in [0.1, 0.15) is 66.2 Å². The average Bonchev–Trinajstić information content (AvgIpc) is 3.44. The molecule has 168 valence electrons. The molecule has 1 amide bonds. The average molecular weight is 441 g/mol. The second-order valence-electron chi connectivity index (χ2n) is 8.75. The van der Waals surface area contributed by atoms with Crippen LogP contribution in [-0.2, 0) is 4.74 Å². The maximum Gasteiger partial charge on any atom is 0.264 e. The van der Waals surface area contributed by atoms with Crippen LogP contribution in [-0.4, -0.2) is 61.1 Å². The third-order valence-corrected chi connectivity index (χ3v) is 8.11. The van der Waals surface area contributed by atoms with Crippen molar-refractivity contribution in [3.8, 4) is 10.4 Å². The highest BCUT2D eigenvalue weighted by atomic mass is 32.1. The normalized spacial score (nSPS) is 20.3. The summed E-state index contributed by atoms with van der Waals surface area (Å²) in [5, 5.41) is 0. The molecule has 3 aliphatic heterocycles. The molecule has 3 fully saturated rings. The highest BCUT2D eigenvalue weighted by Crippen LogP contribution is 2.35. The van der Waals surface area contributed by atoms with E-state index in [1.54, 1.807) is 11.3 Å². The Morgan fingerprint density at radius 2 is 1.65 bits per heavy atom. The third-order valence-electron chi connectivity index (χ3n) is 6.84. The van der Waals surface area contributed by atoms with E-state index in [0.717, 1.165) is 49.6 Å². The van der Waals surface area contributed by atoms with Crippen LogP contribution in [0, 0.1) is 6.92 Å². The van der Waals surface area contributed by atoms with Crippen LogP contribution in [0.2, 0.25) is 0 Å². The molecule has 4 nitrogen and oxygen atoms in total. The van der Waals surface area contributed by atoms with Gasteiger partial charge in [-0.15, -0.1) is 11.3 Å². The summed E-state index contributed by atoms with van der Waals surface area (Å²) in [6, 6.07) is 12.0. The van der Waals surface area contributed by atoms with E-state index in [-0.39, 0.29) is 5.91 Å². The summed E-state index contributed by atoms with van der Waals surface area (Å²) in [6.45, 7) is 12.1. The van der Waals surface area contributed by atoms with Crippen molar-refractivity contribution < 1.29 is 9.53 Å². The van der Waals surface area contributed by atoms with E-state index in [9.17, 15) is 4.79 Å². The number of benzene rings is 1. The second kappa shape index (κ2) is 10.3. The smallest absolute Gasteiger partial charge is 0.264 e. The summed E-state index contributed by atoms with van der Waals surface area (Å²) in [6.07, 6.45) is 4.75. The topological polar surface area (TPSA) is 32.8 Å². The first-order chi connectivity index (χ1) is 15.2. The van der Waals surface area contributed by atoms with Gasteiger partial charge in [0.25, 0.3) is 5.91 Å². The fraction of sp³-hybridized carbons (Fsp3) is 0.577. The summed E-state index contributed by atoms with van der Waals surface area (Å²) >= 11 is 1.65. The van der Waals surface area contributed by atoms with Gasteiger partial charge in [0.15, 0.2) is 0 Å². The number of ether oxygens (including phenoxy) is 1. The van der Waals surface area contributed by atoms with Crippen LogP contribution in [0.25, 0.3) is 10.4 Å². The minimum absolute atomic E-state index is 0.219. The number of likely N-dealkylation sites (tertiary alicyclic amines) is 2. The molecule has 0 bridgehead atoms. The van der Waals surface area contributed by atoms with Crippen molar-refractivity contribution in [3.05, 3.63) is 46.3 Å². The summed E-state index contributed by atoms with van der Waals surface area (Å²) in [7, 11) is 0. The fourth-order valence-corrected chi connectivity index (χ4v) is 6.00. The molecule has 0 aliphatic carbocycles. The molecule has 31 heavy (non-hydrogen) atoms. The quantitative estimate of drug-likeness (QED) is 0.624. The molecule has 0 saturated carbocycles. The molecule has 3 aliphatic rings. The number of rotatable bonds is 4. The van der Waals surface area contributed by atoms with Crippen molar-refractivity contribution in [1.82, 2.24) is 9.80 Å². The molecule has 1 aromatic carbocycles. The highest BCUT2D eigenvalue weighted by molar-refractivity contribution is 7.17. The van der Waals surface area contributed by atoms with Crippen LogP contribution in [0.5, 0.6) is 0 Å². The summed E-state index contributed by atoms with van der Waals surface area (Å²) in [4.78, 5) is 19.5. The van der Waals surface area contributed by atoms with Gasteiger partial charge in [0.1, 0.15) is 0 Å². The SMILES string of the molecule is CC.Cc1cc(-c2ccc(C3CCN(C4COC4)CC3)cc2)sc1C(=O)N1CCCC1. The number of amides is 1. The van der Waals surface area contributed by atoms with E-state index < -0.39 is 0 Å². The van der Waals surface area contributed by atoms with E-state index in [1.165, 1.54) is 41.9 Å². The zero-order valence-electron chi connectivity index (χ0n) is 19.2. The molecule has 5 rings (SSSR count). The van der Waals surface area contributed by atoms with Crippen molar-refractivity contribution >= 4 is 17.2 Å². The molecule has 0 radical (unpaired) electrons. The minimum Gasteiger partial charge on any atom is -0.378 e. The standard InChI is InChI=1S/C24H30N2O2S.C2H6/c1-17-14-22(29-23(17)24(27)26-10-2-3-11-26)20-6-4-18(5-7-20)19-8-12-25(13-9-19)21-15-28-16-21;1-2/h4-7,14,19,21H,2-3,8-13,15-16H2,1H3;1-2H3. The first-order valence-corrected chi connectivity index (χ1v) is 12.8. The van der Waals surface area contributed by atoms with Gasteiger partial charge in [-0.2, -0.15) is 0 Å². The van der Waals surface area contributed by atoms with Gasteiger partial charge in [-0.05, 0) is 74.4 Å². The van der Waals surface area contributed by atoms with Crippen LogP contribution < -0.4 is 0 Å². The number of aryl methyl sites for hydroxylation is 1. The zero-order valence-corrected chi connectivity index (χ0v) is 20.0. The lowest BCUT2D eigenvalue weighted by Gasteiger charge is -2.41. The van der Waals surface area contributed by atoms with Crippen LogP contribution in [0.4, 0.5) is 0 Å². The van der Waals surface area contributed by atoms with Gasteiger partial charge in [-0.25, -0.2) is 0 Å². The molecule has 4 heterocycles. The van der Waals surface area contributed by atoms with Gasteiger partial charge in [0.2, 0.25) is 0 Å². The predicted molar refractivity (Wildman–Crippen MR) is 129 cm³/mol. The van der Waals surface area contributed by atoms with Gasteiger partial charge in [-0.1, -0.05) is 38.1 Å². The molecule has 0 spiro atoms. The zero-order chi connectivity index (χ0) is 21.8. The molecular formula is C26H36N2O2S. The Hall–Kier alpha value is -1.69. The van der Waals surface area contributed by atoms with Crippen LogP contribution in [0.15, 0.2) is 30.3 Å². The minimum atomic E-state index is 0.219. The van der Waals surface area contributed by atoms with Crippen molar-refractivity contribution in [2.45, 2.75) is 58.4 Å². The maximum absolute atomic E-state index is 12.8. The first kappa shape index (κ1) is 22.5. The Balaban J connectivity index is 0.00000112. The van der Waals surface area contributed by atoms with Crippen molar-refractivity contribution in [2.24, 2.45) is 0 Å². The number of piperidine rings is 1. The Kier molecular flexibility index (Phi) is 7.47.